The summed E-state index contributed by atoms with van der Waals surface area (Å²) >= 11 is 1.66. The van der Waals surface area contributed by atoms with Crippen LogP contribution in [0.4, 0.5) is 5.69 Å². The Morgan fingerprint density at radius 1 is 1.19 bits per heavy atom. The molecule has 1 aromatic heterocycles. The van der Waals surface area contributed by atoms with Crippen molar-refractivity contribution in [1.82, 2.24) is 4.98 Å². The first-order valence-electron chi connectivity index (χ1n) is 10.4. The second-order valence-electron chi connectivity index (χ2n) is 7.75. The van der Waals surface area contributed by atoms with Crippen LogP contribution in [-0.4, -0.2) is 28.4 Å². The van der Waals surface area contributed by atoms with Gasteiger partial charge in [-0.15, -0.1) is 11.3 Å². The zero-order valence-corrected chi connectivity index (χ0v) is 17.8. The molecule has 0 amide bonds. The van der Waals surface area contributed by atoms with E-state index in [0.29, 0.717) is 17.9 Å². The highest BCUT2D eigenvalue weighted by Gasteiger charge is 2.21. The molecule has 0 saturated heterocycles. The summed E-state index contributed by atoms with van der Waals surface area (Å²) < 4.78 is 0. The van der Waals surface area contributed by atoms with Crippen LogP contribution in [-0.2, 0) is 11.2 Å². The summed E-state index contributed by atoms with van der Waals surface area (Å²) in [5.41, 5.74) is 3.86. The van der Waals surface area contributed by atoms with Gasteiger partial charge in [-0.25, -0.2) is 9.78 Å². The highest BCUT2D eigenvalue weighted by atomic mass is 32.1. The van der Waals surface area contributed by atoms with Crippen molar-refractivity contribution in [3.05, 3.63) is 81.3 Å². The second-order valence-corrected chi connectivity index (χ2v) is 8.64. The first-order chi connectivity index (χ1) is 15.1. The summed E-state index contributed by atoms with van der Waals surface area (Å²) in [5.74, 6) is -0.354. The molecule has 2 aromatic carbocycles. The van der Waals surface area contributed by atoms with Crippen LogP contribution in [0.15, 0.2) is 53.9 Å². The number of aromatic carboxylic acids is 1. The van der Waals surface area contributed by atoms with Crippen molar-refractivity contribution < 1.29 is 14.7 Å². The maximum atomic E-state index is 11.6. The van der Waals surface area contributed by atoms with Crippen LogP contribution in [0.25, 0.3) is 12.2 Å². The molecule has 2 N–H and O–H groups in total. The smallest absolute Gasteiger partial charge is 0.335 e. The van der Waals surface area contributed by atoms with E-state index in [4.69, 9.17) is 4.98 Å². The number of aromatic nitrogens is 1. The lowest BCUT2D eigenvalue weighted by Crippen LogP contribution is -2.24. The predicted molar refractivity (Wildman–Crippen MR) is 125 cm³/mol. The minimum absolute atomic E-state index is 0.220. The molecule has 3 aromatic rings. The van der Waals surface area contributed by atoms with Gasteiger partial charge in [0.25, 0.3) is 0 Å². The van der Waals surface area contributed by atoms with Crippen molar-refractivity contribution in [2.75, 3.05) is 5.32 Å². The van der Waals surface area contributed by atoms with E-state index in [9.17, 15) is 14.7 Å². The van der Waals surface area contributed by atoms with E-state index in [2.05, 4.69) is 10.7 Å². The molecule has 1 fully saturated rings. The van der Waals surface area contributed by atoms with Crippen LogP contribution in [0.2, 0.25) is 0 Å². The van der Waals surface area contributed by atoms with Crippen molar-refractivity contribution >= 4 is 41.4 Å². The summed E-state index contributed by atoms with van der Waals surface area (Å²) in [5, 5.41) is 15.7. The Morgan fingerprint density at radius 2 is 2.03 bits per heavy atom. The zero-order chi connectivity index (χ0) is 21.6. The van der Waals surface area contributed by atoms with Crippen LogP contribution in [0.1, 0.15) is 57.4 Å². The topological polar surface area (TPSA) is 79.3 Å². The number of benzene rings is 2. The number of carbonyl (C=O) groups excluding carboxylic acids is 1. The molecule has 1 heterocycles. The Bertz CT molecular complexity index is 1100. The molecule has 1 aliphatic rings. The third-order valence-corrected chi connectivity index (χ3v) is 6.40. The minimum Gasteiger partial charge on any atom is -0.478 e. The molecule has 0 aliphatic heterocycles. The molecular formula is C25H24N2O3S. The molecule has 0 bridgehead atoms. The Hall–Kier alpha value is -3.25. The lowest BCUT2D eigenvalue weighted by molar-refractivity contribution is -0.108. The summed E-state index contributed by atoms with van der Waals surface area (Å²) in [6, 6.07) is 14.0. The molecule has 31 heavy (non-hydrogen) atoms. The van der Waals surface area contributed by atoms with Crippen molar-refractivity contribution in [3.8, 4) is 0 Å². The third kappa shape index (κ3) is 5.27. The molecule has 6 heteroatoms. The molecule has 1 atom stereocenters. The first kappa shape index (κ1) is 21.0. The zero-order valence-electron chi connectivity index (χ0n) is 17.0. The van der Waals surface area contributed by atoms with Gasteiger partial charge in [-0.1, -0.05) is 42.8 Å². The van der Waals surface area contributed by atoms with E-state index in [1.807, 2.05) is 36.4 Å². The van der Waals surface area contributed by atoms with Gasteiger partial charge in [0.05, 0.1) is 17.3 Å². The summed E-state index contributed by atoms with van der Waals surface area (Å²) in [6.45, 7) is 0. The number of rotatable bonds is 9. The van der Waals surface area contributed by atoms with Gasteiger partial charge in [-0.05, 0) is 48.2 Å². The van der Waals surface area contributed by atoms with Crippen molar-refractivity contribution in [1.29, 1.82) is 0 Å². The minimum atomic E-state index is -0.991. The highest BCUT2D eigenvalue weighted by molar-refractivity contribution is 7.10. The molecule has 5 nitrogen and oxygen atoms in total. The van der Waals surface area contributed by atoms with E-state index in [1.165, 1.54) is 25.0 Å². The molecule has 158 valence electrons. The van der Waals surface area contributed by atoms with Gasteiger partial charge in [-0.2, -0.15) is 0 Å². The fourth-order valence-corrected chi connectivity index (χ4v) is 4.45. The quantitative estimate of drug-likeness (QED) is 0.436. The van der Waals surface area contributed by atoms with Crippen LogP contribution in [0.5, 0.6) is 0 Å². The van der Waals surface area contributed by atoms with E-state index in [0.717, 1.165) is 22.5 Å². The lowest BCUT2D eigenvalue weighted by atomic mass is 9.83. The lowest BCUT2D eigenvalue weighted by Gasteiger charge is -2.22. The van der Waals surface area contributed by atoms with E-state index < -0.39 is 12.0 Å². The molecule has 1 unspecified atom stereocenters. The average molecular weight is 433 g/mol. The Morgan fingerprint density at radius 3 is 2.77 bits per heavy atom. The monoisotopic (exact) mass is 432 g/mol. The predicted octanol–water partition coefficient (Wildman–Crippen LogP) is 5.50. The Labute approximate surface area is 185 Å². The van der Waals surface area contributed by atoms with Gasteiger partial charge in [0, 0.05) is 23.4 Å². The largest absolute Gasteiger partial charge is 0.478 e. The summed E-state index contributed by atoms with van der Waals surface area (Å²) in [4.78, 5) is 27.8. The molecule has 1 aliphatic carbocycles. The molecule has 4 rings (SSSR count). The Balaban J connectivity index is 1.43. The first-order valence-corrected chi connectivity index (χ1v) is 11.3. The van der Waals surface area contributed by atoms with Gasteiger partial charge in [-0.3, -0.25) is 0 Å². The van der Waals surface area contributed by atoms with Gasteiger partial charge >= 0.3 is 5.97 Å². The standard InChI is InChI=1S/C25H24N2O3S/c28-15-21(14-19-6-1-2-10-22(19)25(29)30)26-20-9-3-5-17(13-20)11-12-24-27-23(16-31-24)18-7-4-8-18/h1-3,5-6,9-13,15-16,18,21,26H,4,7-8,14H2,(H,29,30)/b12-11+. The fraction of sp³-hybridized carbons (Fsp3) is 0.240. The molecule has 0 spiro atoms. The van der Waals surface area contributed by atoms with E-state index in [1.54, 1.807) is 35.6 Å². The fourth-order valence-electron chi connectivity index (χ4n) is 3.66. The van der Waals surface area contributed by atoms with Crippen LogP contribution in [0, 0.1) is 0 Å². The normalized spacial score (nSPS) is 14.8. The number of anilines is 1. The van der Waals surface area contributed by atoms with E-state index in [-0.39, 0.29) is 5.56 Å². The number of carboxylic acid groups (broad SMARTS) is 1. The van der Waals surface area contributed by atoms with Crippen LogP contribution in [0.3, 0.4) is 0 Å². The number of hydrogen-bond acceptors (Lipinski definition) is 5. The summed E-state index contributed by atoms with van der Waals surface area (Å²) in [6.07, 6.45) is 8.95. The third-order valence-electron chi connectivity index (χ3n) is 5.57. The summed E-state index contributed by atoms with van der Waals surface area (Å²) in [7, 11) is 0. The average Bonchev–Trinajstić information content (AvgIpc) is 3.19. The van der Waals surface area contributed by atoms with E-state index >= 15 is 0 Å². The van der Waals surface area contributed by atoms with Gasteiger partial charge in [0.15, 0.2) is 0 Å². The Kier molecular flexibility index (Phi) is 6.57. The van der Waals surface area contributed by atoms with Crippen LogP contribution >= 0.6 is 11.3 Å². The van der Waals surface area contributed by atoms with Crippen molar-refractivity contribution in [2.24, 2.45) is 0 Å². The highest BCUT2D eigenvalue weighted by Crippen LogP contribution is 2.36. The van der Waals surface area contributed by atoms with Crippen molar-refractivity contribution in [2.45, 2.75) is 37.6 Å². The molecule has 0 radical (unpaired) electrons. The van der Waals surface area contributed by atoms with Crippen molar-refractivity contribution in [3.63, 3.8) is 0 Å². The number of carbonyl (C=O) groups is 2. The van der Waals surface area contributed by atoms with Gasteiger partial charge < -0.3 is 15.2 Å². The second kappa shape index (κ2) is 9.71. The number of nitrogens with zero attached hydrogens (tertiary/aromatic N) is 1. The number of nitrogens with one attached hydrogen (secondary N) is 1. The maximum absolute atomic E-state index is 11.6. The number of thiazole rings is 1. The SMILES string of the molecule is O=CC(Cc1ccccc1C(=O)O)Nc1cccc(/C=C/c2nc(C3CCC3)cs2)c1. The number of aldehydes is 1. The number of hydrogen-bond donors (Lipinski definition) is 2. The van der Waals surface area contributed by atoms with Gasteiger partial charge in [0.2, 0.25) is 0 Å². The molecule has 1 saturated carbocycles. The maximum Gasteiger partial charge on any atom is 0.335 e. The number of carboxylic acids is 1. The molecular weight excluding hydrogens is 408 g/mol. The van der Waals surface area contributed by atoms with Crippen LogP contribution < -0.4 is 5.32 Å². The van der Waals surface area contributed by atoms with Gasteiger partial charge in [0.1, 0.15) is 11.3 Å².